The molecule has 0 aliphatic rings. The van der Waals surface area contributed by atoms with Crippen LogP contribution in [0.3, 0.4) is 0 Å². The van der Waals surface area contributed by atoms with Crippen LogP contribution in [0.1, 0.15) is 33.6 Å². The van der Waals surface area contributed by atoms with Crippen molar-refractivity contribution < 1.29 is 13.2 Å². The van der Waals surface area contributed by atoms with E-state index in [0.717, 1.165) is 19.5 Å². The van der Waals surface area contributed by atoms with E-state index < -0.39 is 9.84 Å². The molecule has 0 saturated carbocycles. The maximum absolute atomic E-state index is 11.6. The first-order valence-electron chi connectivity index (χ1n) is 6.55. The molecule has 0 atom stereocenters. The van der Waals surface area contributed by atoms with Crippen LogP contribution in [-0.4, -0.2) is 45.5 Å². The first kappa shape index (κ1) is 17.4. The second-order valence-electron chi connectivity index (χ2n) is 4.86. The SMILES string of the molecule is CCCNCCNC(=O)CCS(=O)(=O)CC(C)C. The number of sulfone groups is 1. The third-order valence-electron chi connectivity index (χ3n) is 2.28. The lowest BCUT2D eigenvalue weighted by molar-refractivity contribution is -0.120. The average molecular weight is 278 g/mol. The van der Waals surface area contributed by atoms with E-state index >= 15 is 0 Å². The van der Waals surface area contributed by atoms with Crippen molar-refractivity contribution in [3.63, 3.8) is 0 Å². The number of rotatable bonds is 10. The molecular formula is C12H26N2O3S. The molecule has 0 bridgehead atoms. The van der Waals surface area contributed by atoms with Crippen molar-refractivity contribution in [2.45, 2.75) is 33.6 Å². The first-order chi connectivity index (χ1) is 8.37. The number of hydrogen-bond acceptors (Lipinski definition) is 4. The summed E-state index contributed by atoms with van der Waals surface area (Å²) in [4.78, 5) is 11.4. The Bertz CT molecular complexity index is 326. The summed E-state index contributed by atoms with van der Waals surface area (Å²) in [7, 11) is -3.09. The van der Waals surface area contributed by atoms with Crippen LogP contribution in [0, 0.1) is 5.92 Å². The maximum atomic E-state index is 11.6. The highest BCUT2D eigenvalue weighted by Gasteiger charge is 2.15. The standard InChI is InChI=1S/C12H26N2O3S/c1-4-6-13-7-8-14-12(15)5-9-18(16,17)10-11(2)3/h11,13H,4-10H2,1-3H3,(H,14,15). The Labute approximate surface area is 111 Å². The van der Waals surface area contributed by atoms with Crippen molar-refractivity contribution >= 4 is 15.7 Å². The zero-order valence-corrected chi connectivity index (χ0v) is 12.5. The average Bonchev–Trinajstić information content (AvgIpc) is 2.24. The summed E-state index contributed by atoms with van der Waals surface area (Å²) in [6.45, 7) is 7.99. The van der Waals surface area contributed by atoms with Gasteiger partial charge in [-0.2, -0.15) is 0 Å². The molecule has 0 spiro atoms. The molecule has 0 aromatic carbocycles. The lowest BCUT2D eigenvalue weighted by Crippen LogP contribution is -2.33. The van der Waals surface area contributed by atoms with Gasteiger partial charge in [0.15, 0.2) is 9.84 Å². The molecule has 0 saturated heterocycles. The molecule has 0 rings (SSSR count). The van der Waals surface area contributed by atoms with Gasteiger partial charge in [-0.1, -0.05) is 20.8 Å². The summed E-state index contributed by atoms with van der Waals surface area (Å²) in [6, 6.07) is 0. The Hall–Kier alpha value is -0.620. The zero-order chi connectivity index (χ0) is 14.0. The maximum Gasteiger partial charge on any atom is 0.221 e. The van der Waals surface area contributed by atoms with Crippen LogP contribution in [0.25, 0.3) is 0 Å². The van der Waals surface area contributed by atoms with Crippen molar-refractivity contribution in [2.24, 2.45) is 5.92 Å². The van der Waals surface area contributed by atoms with Gasteiger partial charge < -0.3 is 10.6 Å². The van der Waals surface area contributed by atoms with E-state index in [2.05, 4.69) is 17.6 Å². The van der Waals surface area contributed by atoms with E-state index in [1.807, 2.05) is 13.8 Å². The molecule has 0 heterocycles. The summed E-state index contributed by atoms with van der Waals surface area (Å²) < 4.78 is 23.1. The van der Waals surface area contributed by atoms with E-state index in [9.17, 15) is 13.2 Å². The fourth-order valence-corrected chi connectivity index (χ4v) is 3.20. The van der Waals surface area contributed by atoms with Crippen LogP contribution in [0.4, 0.5) is 0 Å². The van der Waals surface area contributed by atoms with Gasteiger partial charge in [0, 0.05) is 19.5 Å². The Morgan fingerprint density at radius 1 is 1.17 bits per heavy atom. The number of carbonyl (C=O) groups excluding carboxylic acids is 1. The minimum Gasteiger partial charge on any atom is -0.355 e. The van der Waals surface area contributed by atoms with E-state index in [1.54, 1.807) is 0 Å². The van der Waals surface area contributed by atoms with Crippen molar-refractivity contribution in [2.75, 3.05) is 31.1 Å². The lowest BCUT2D eigenvalue weighted by Gasteiger charge is -2.08. The van der Waals surface area contributed by atoms with Gasteiger partial charge in [0.05, 0.1) is 11.5 Å². The Morgan fingerprint density at radius 2 is 1.83 bits per heavy atom. The van der Waals surface area contributed by atoms with Gasteiger partial charge in [-0.25, -0.2) is 8.42 Å². The highest BCUT2D eigenvalue weighted by molar-refractivity contribution is 7.91. The number of nitrogens with one attached hydrogen (secondary N) is 2. The lowest BCUT2D eigenvalue weighted by atomic mass is 10.3. The van der Waals surface area contributed by atoms with Gasteiger partial charge in [0.25, 0.3) is 0 Å². The Balaban J connectivity index is 3.70. The highest BCUT2D eigenvalue weighted by Crippen LogP contribution is 2.02. The van der Waals surface area contributed by atoms with Crippen molar-refractivity contribution in [3.05, 3.63) is 0 Å². The molecule has 18 heavy (non-hydrogen) atoms. The Kier molecular flexibility index (Phi) is 9.01. The van der Waals surface area contributed by atoms with Gasteiger partial charge in [0.1, 0.15) is 0 Å². The topological polar surface area (TPSA) is 75.3 Å². The molecule has 0 aliphatic carbocycles. The Morgan fingerprint density at radius 3 is 2.39 bits per heavy atom. The van der Waals surface area contributed by atoms with Gasteiger partial charge in [-0.05, 0) is 18.9 Å². The van der Waals surface area contributed by atoms with E-state index in [0.29, 0.717) is 6.54 Å². The van der Waals surface area contributed by atoms with Crippen LogP contribution < -0.4 is 10.6 Å². The second kappa shape index (κ2) is 9.33. The molecule has 0 radical (unpaired) electrons. The summed E-state index contributed by atoms with van der Waals surface area (Å²) in [5, 5.41) is 5.86. The van der Waals surface area contributed by atoms with E-state index in [4.69, 9.17) is 0 Å². The smallest absolute Gasteiger partial charge is 0.221 e. The minimum atomic E-state index is -3.09. The molecular weight excluding hydrogens is 252 g/mol. The summed E-state index contributed by atoms with van der Waals surface area (Å²) >= 11 is 0. The molecule has 108 valence electrons. The highest BCUT2D eigenvalue weighted by atomic mass is 32.2. The molecule has 0 aromatic rings. The molecule has 5 nitrogen and oxygen atoms in total. The van der Waals surface area contributed by atoms with Crippen LogP contribution in [0.15, 0.2) is 0 Å². The first-order valence-corrected chi connectivity index (χ1v) is 8.37. The predicted octanol–water partition coefficient (Wildman–Crippen LogP) is 0.563. The van der Waals surface area contributed by atoms with Gasteiger partial charge in [-0.3, -0.25) is 4.79 Å². The second-order valence-corrected chi connectivity index (χ2v) is 7.09. The predicted molar refractivity (Wildman–Crippen MR) is 74.3 cm³/mol. The monoisotopic (exact) mass is 278 g/mol. The number of carbonyl (C=O) groups is 1. The van der Waals surface area contributed by atoms with Gasteiger partial charge in [0.2, 0.25) is 5.91 Å². The van der Waals surface area contributed by atoms with Crippen LogP contribution in [0.5, 0.6) is 0 Å². The molecule has 0 aromatic heterocycles. The molecule has 0 aliphatic heterocycles. The third-order valence-corrected chi connectivity index (χ3v) is 4.28. The van der Waals surface area contributed by atoms with E-state index in [1.165, 1.54) is 0 Å². The van der Waals surface area contributed by atoms with Crippen LogP contribution in [-0.2, 0) is 14.6 Å². The van der Waals surface area contributed by atoms with Crippen molar-refractivity contribution in [1.82, 2.24) is 10.6 Å². The summed E-state index contributed by atoms with van der Waals surface area (Å²) in [5.41, 5.74) is 0. The molecule has 0 unspecified atom stereocenters. The molecule has 1 amide bonds. The van der Waals surface area contributed by atoms with Gasteiger partial charge >= 0.3 is 0 Å². The van der Waals surface area contributed by atoms with Crippen LogP contribution >= 0.6 is 0 Å². The largest absolute Gasteiger partial charge is 0.355 e. The van der Waals surface area contributed by atoms with Gasteiger partial charge in [-0.15, -0.1) is 0 Å². The van der Waals surface area contributed by atoms with Crippen LogP contribution in [0.2, 0.25) is 0 Å². The molecule has 6 heteroatoms. The normalized spacial score (nSPS) is 11.8. The van der Waals surface area contributed by atoms with Crippen molar-refractivity contribution in [1.29, 1.82) is 0 Å². The molecule has 0 fully saturated rings. The third kappa shape index (κ3) is 10.5. The fraction of sp³-hybridized carbons (Fsp3) is 0.917. The quantitative estimate of drug-likeness (QED) is 0.573. The summed E-state index contributed by atoms with van der Waals surface area (Å²) in [5.74, 6) is 0.00881. The molecule has 2 N–H and O–H groups in total. The fourth-order valence-electron chi connectivity index (χ4n) is 1.52. The minimum absolute atomic E-state index is 0.0561. The number of amides is 1. The zero-order valence-electron chi connectivity index (χ0n) is 11.7. The summed E-state index contributed by atoms with van der Waals surface area (Å²) in [6.07, 6.45) is 1.12. The van der Waals surface area contributed by atoms with E-state index in [-0.39, 0.29) is 29.8 Å². The van der Waals surface area contributed by atoms with Crippen molar-refractivity contribution in [3.8, 4) is 0 Å². The number of hydrogen-bond donors (Lipinski definition) is 2.